The molecule has 2 rings (SSSR count). The lowest BCUT2D eigenvalue weighted by Crippen LogP contribution is -2.23. The largest absolute Gasteiger partial charge is 0.491 e. The van der Waals surface area contributed by atoms with Gasteiger partial charge in [-0.05, 0) is 41.3 Å². The van der Waals surface area contributed by atoms with Crippen LogP contribution in [0.25, 0.3) is 0 Å². The molecule has 0 aliphatic carbocycles. The number of sulfonamides is 1. The highest BCUT2D eigenvalue weighted by Gasteiger charge is 2.14. The number of rotatable bonds is 9. The molecule has 0 aliphatic rings. The van der Waals surface area contributed by atoms with E-state index in [4.69, 9.17) is 9.47 Å². The number of hydrogen-bond acceptors (Lipinski definition) is 4. The smallest absolute Gasteiger partial charge is 0.240 e. The Morgan fingerprint density at radius 1 is 0.960 bits per heavy atom. The monoisotopic (exact) mass is 363 g/mol. The number of hydrogen-bond donors (Lipinski definition) is 1. The second-order valence-corrected chi connectivity index (χ2v) is 7.80. The third-order valence-electron chi connectivity index (χ3n) is 3.80. The molecule has 1 N–H and O–H groups in total. The molecule has 25 heavy (non-hydrogen) atoms. The predicted molar refractivity (Wildman–Crippen MR) is 98.4 cm³/mol. The van der Waals surface area contributed by atoms with E-state index in [9.17, 15) is 8.42 Å². The highest BCUT2D eigenvalue weighted by Crippen LogP contribution is 2.18. The summed E-state index contributed by atoms with van der Waals surface area (Å²) >= 11 is 0. The van der Waals surface area contributed by atoms with Crippen LogP contribution < -0.4 is 9.46 Å². The summed E-state index contributed by atoms with van der Waals surface area (Å²) in [5.74, 6) is 1.10. The summed E-state index contributed by atoms with van der Waals surface area (Å²) < 4.78 is 37.8. The molecule has 0 heterocycles. The lowest BCUT2D eigenvalue weighted by atomic mass is 10.0. The first-order chi connectivity index (χ1) is 11.9. The molecular weight excluding hydrogens is 338 g/mol. The highest BCUT2D eigenvalue weighted by molar-refractivity contribution is 7.89. The standard InChI is InChI=1S/C19H25NO4S/c1-15(2)17-6-10-19(11-7-17)25(21,22)20-14-16-4-8-18(9-5-16)24-13-12-23-3/h4-11,15,20H,12-14H2,1-3H3. The molecule has 0 fully saturated rings. The Morgan fingerprint density at radius 2 is 1.60 bits per heavy atom. The van der Waals surface area contributed by atoms with Crippen LogP contribution >= 0.6 is 0 Å². The molecule has 0 saturated carbocycles. The van der Waals surface area contributed by atoms with Crippen LogP contribution in [0.15, 0.2) is 53.4 Å². The summed E-state index contributed by atoms with van der Waals surface area (Å²) in [4.78, 5) is 0.274. The van der Waals surface area contributed by atoms with Crippen molar-refractivity contribution in [2.75, 3.05) is 20.3 Å². The first-order valence-corrected chi connectivity index (χ1v) is 9.71. The van der Waals surface area contributed by atoms with Crippen LogP contribution in [0.1, 0.15) is 30.9 Å². The maximum atomic E-state index is 12.4. The summed E-state index contributed by atoms with van der Waals surface area (Å²) in [6.07, 6.45) is 0. The van der Waals surface area contributed by atoms with Crippen LogP contribution in [0.2, 0.25) is 0 Å². The van der Waals surface area contributed by atoms with Gasteiger partial charge in [-0.15, -0.1) is 0 Å². The minimum Gasteiger partial charge on any atom is -0.491 e. The summed E-state index contributed by atoms with van der Waals surface area (Å²) in [6, 6.07) is 14.3. The van der Waals surface area contributed by atoms with Gasteiger partial charge in [-0.3, -0.25) is 0 Å². The second-order valence-electron chi connectivity index (χ2n) is 6.03. The van der Waals surface area contributed by atoms with Gasteiger partial charge in [0, 0.05) is 13.7 Å². The normalized spacial score (nSPS) is 11.7. The minimum absolute atomic E-state index is 0.229. The second kappa shape index (κ2) is 8.99. The van der Waals surface area contributed by atoms with Gasteiger partial charge >= 0.3 is 0 Å². The molecule has 0 spiro atoms. The summed E-state index contributed by atoms with van der Waals surface area (Å²) in [6.45, 7) is 5.38. The first-order valence-electron chi connectivity index (χ1n) is 8.22. The van der Waals surface area contributed by atoms with Gasteiger partial charge in [0.25, 0.3) is 0 Å². The SMILES string of the molecule is COCCOc1ccc(CNS(=O)(=O)c2ccc(C(C)C)cc2)cc1. The van der Waals surface area contributed by atoms with Gasteiger partial charge in [-0.1, -0.05) is 38.1 Å². The van der Waals surface area contributed by atoms with Gasteiger partial charge < -0.3 is 9.47 Å². The third kappa shape index (κ3) is 5.85. The van der Waals surface area contributed by atoms with Crippen molar-refractivity contribution in [2.45, 2.75) is 31.2 Å². The van der Waals surface area contributed by atoms with Crippen molar-refractivity contribution in [1.29, 1.82) is 0 Å². The van der Waals surface area contributed by atoms with Crippen LogP contribution in [-0.2, 0) is 21.3 Å². The van der Waals surface area contributed by atoms with E-state index in [2.05, 4.69) is 18.6 Å². The molecule has 0 radical (unpaired) electrons. The van der Waals surface area contributed by atoms with E-state index < -0.39 is 10.0 Å². The topological polar surface area (TPSA) is 64.6 Å². The van der Waals surface area contributed by atoms with Crippen LogP contribution in [0, 0.1) is 0 Å². The third-order valence-corrected chi connectivity index (χ3v) is 5.22. The van der Waals surface area contributed by atoms with Crippen LogP contribution in [0.3, 0.4) is 0 Å². The fourth-order valence-corrected chi connectivity index (χ4v) is 3.26. The van der Waals surface area contributed by atoms with Crippen LogP contribution in [0.5, 0.6) is 5.75 Å². The van der Waals surface area contributed by atoms with E-state index in [0.717, 1.165) is 16.9 Å². The zero-order valence-electron chi connectivity index (χ0n) is 14.9. The van der Waals surface area contributed by atoms with Gasteiger partial charge in [0.15, 0.2) is 0 Å². The Kier molecular flexibility index (Phi) is 6.99. The number of ether oxygens (including phenoxy) is 2. The summed E-state index contributed by atoms with van der Waals surface area (Å²) in [5.41, 5.74) is 1.98. The quantitative estimate of drug-likeness (QED) is 0.694. The summed E-state index contributed by atoms with van der Waals surface area (Å²) in [5, 5.41) is 0. The Morgan fingerprint density at radius 3 is 2.16 bits per heavy atom. The number of benzene rings is 2. The molecule has 2 aromatic rings. The fraction of sp³-hybridized carbons (Fsp3) is 0.368. The molecule has 0 amide bonds. The van der Waals surface area contributed by atoms with E-state index in [1.165, 1.54) is 0 Å². The lowest BCUT2D eigenvalue weighted by Gasteiger charge is -2.10. The molecule has 0 saturated heterocycles. The number of nitrogens with one attached hydrogen (secondary N) is 1. The molecule has 0 aromatic heterocycles. The Balaban J connectivity index is 1.95. The van der Waals surface area contributed by atoms with E-state index in [1.807, 2.05) is 36.4 Å². The fourth-order valence-electron chi connectivity index (χ4n) is 2.24. The Bertz CT molecular complexity index is 753. The van der Waals surface area contributed by atoms with Crippen molar-refractivity contribution < 1.29 is 17.9 Å². The molecule has 0 aliphatic heterocycles. The van der Waals surface area contributed by atoms with Crippen LogP contribution in [0.4, 0.5) is 0 Å². The van der Waals surface area contributed by atoms with Gasteiger partial charge in [0.1, 0.15) is 12.4 Å². The van der Waals surface area contributed by atoms with Crippen molar-refractivity contribution in [2.24, 2.45) is 0 Å². The van der Waals surface area contributed by atoms with Crippen molar-refractivity contribution in [3.8, 4) is 5.75 Å². The lowest BCUT2D eigenvalue weighted by molar-refractivity contribution is 0.146. The number of methoxy groups -OCH3 is 1. The Labute approximate surface area is 150 Å². The molecule has 6 heteroatoms. The molecule has 136 valence electrons. The average Bonchev–Trinajstić information content (AvgIpc) is 2.61. The molecule has 0 bridgehead atoms. The molecule has 0 unspecified atom stereocenters. The molecule has 2 aromatic carbocycles. The zero-order chi connectivity index (χ0) is 18.3. The van der Waals surface area contributed by atoms with Crippen molar-refractivity contribution >= 4 is 10.0 Å². The molecule has 5 nitrogen and oxygen atoms in total. The maximum Gasteiger partial charge on any atom is 0.240 e. The van der Waals surface area contributed by atoms with Crippen molar-refractivity contribution in [3.63, 3.8) is 0 Å². The Hall–Kier alpha value is -1.89. The van der Waals surface area contributed by atoms with E-state index in [-0.39, 0.29) is 11.4 Å². The van der Waals surface area contributed by atoms with Gasteiger partial charge in [0.2, 0.25) is 10.0 Å². The van der Waals surface area contributed by atoms with Crippen molar-refractivity contribution in [1.82, 2.24) is 4.72 Å². The first kappa shape index (κ1) is 19.4. The summed E-state index contributed by atoms with van der Waals surface area (Å²) in [7, 11) is -1.91. The van der Waals surface area contributed by atoms with Gasteiger partial charge in [-0.2, -0.15) is 0 Å². The van der Waals surface area contributed by atoms with E-state index in [0.29, 0.717) is 19.1 Å². The van der Waals surface area contributed by atoms with E-state index in [1.54, 1.807) is 19.2 Å². The molecular formula is C19H25NO4S. The maximum absolute atomic E-state index is 12.4. The van der Waals surface area contributed by atoms with Gasteiger partial charge in [0.05, 0.1) is 11.5 Å². The average molecular weight is 363 g/mol. The van der Waals surface area contributed by atoms with Gasteiger partial charge in [-0.25, -0.2) is 13.1 Å². The highest BCUT2D eigenvalue weighted by atomic mass is 32.2. The van der Waals surface area contributed by atoms with Crippen molar-refractivity contribution in [3.05, 3.63) is 59.7 Å². The minimum atomic E-state index is -3.53. The van der Waals surface area contributed by atoms with Crippen LogP contribution in [-0.4, -0.2) is 28.7 Å². The van der Waals surface area contributed by atoms with E-state index >= 15 is 0 Å². The molecule has 0 atom stereocenters. The predicted octanol–water partition coefficient (Wildman–Crippen LogP) is 3.31. The zero-order valence-corrected chi connectivity index (χ0v) is 15.7.